The SMILES string of the molecule is CCN(C)c1ccncc1CNC(C)(C)C. The molecule has 3 heteroatoms. The first-order chi connectivity index (χ1) is 7.44. The topological polar surface area (TPSA) is 28.2 Å². The van der Waals surface area contributed by atoms with Gasteiger partial charge in [0.1, 0.15) is 0 Å². The second-order valence-corrected chi connectivity index (χ2v) is 5.12. The molecule has 0 amide bonds. The van der Waals surface area contributed by atoms with E-state index in [2.05, 4.69) is 56.0 Å². The molecule has 90 valence electrons. The van der Waals surface area contributed by atoms with Crippen molar-refractivity contribution in [2.45, 2.75) is 39.8 Å². The summed E-state index contributed by atoms with van der Waals surface area (Å²) in [6.07, 6.45) is 3.79. The predicted molar refractivity (Wildman–Crippen MR) is 69.8 cm³/mol. The molecule has 0 radical (unpaired) electrons. The molecule has 3 nitrogen and oxygen atoms in total. The van der Waals surface area contributed by atoms with Crippen molar-refractivity contribution in [3.8, 4) is 0 Å². The van der Waals surface area contributed by atoms with Gasteiger partial charge in [0.15, 0.2) is 0 Å². The van der Waals surface area contributed by atoms with E-state index in [1.54, 1.807) is 0 Å². The first-order valence-corrected chi connectivity index (χ1v) is 5.83. The fourth-order valence-corrected chi connectivity index (χ4v) is 1.46. The number of nitrogens with zero attached hydrogens (tertiary/aromatic N) is 2. The van der Waals surface area contributed by atoms with Gasteiger partial charge in [0.2, 0.25) is 0 Å². The minimum Gasteiger partial charge on any atom is -0.375 e. The summed E-state index contributed by atoms with van der Waals surface area (Å²) < 4.78 is 0. The second-order valence-electron chi connectivity index (χ2n) is 5.12. The average molecular weight is 221 g/mol. The summed E-state index contributed by atoms with van der Waals surface area (Å²) in [5, 5.41) is 3.49. The van der Waals surface area contributed by atoms with Gasteiger partial charge >= 0.3 is 0 Å². The van der Waals surface area contributed by atoms with Crippen molar-refractivity contribution in [3.05, 3.63) is 24.0 Å². The van der Waals surface area contributed by atoms with Gasteiger partial charge in [0, 0.05) is 49.3 Å². The highest BCUT2D eigenvalue weighted by Crippen LogP contribution is 2.18. The number of aromatic nitrogens is 1. The minimum absolute atomic E-state index is 0.137. The first kappa shape index (κ1) is 13.0. The molecule has 0 aromatic carbocycles. The molecule has 0 fully saturated rings. The lowest BCUT2D eigenvalue weighted by Crippen LogP contribution is -2.35. The number of anilines is 1. The van der Waals surface area contributed by atoms with Gasteiger partial charge in [0.25, 0.3) is 0 Å². The van der Waals surface area contributed by atoms with Crippen molar-refractivity contribution in [2.75, 3.05) is 18.5 Å². The highest BCUT2D eigenvalue weighted by molar-refractivity contribution is 5.51. The Morgan fingerprint density at radius 1 is 1.38 bits per heavy atom. The zero-order valence-electron chi connectivity index (χ0n) is 11.0. The van der Waals surface area contributed by atoms with Gasteiger partial charge < -0.3 is 10.2 Å². The molecule has 1 heterocycles. The van der Waals surface area contributed by atoms with Crippen LogP contribution in [0.3, 0.4) is 0 Å². The van der Waals surface area contributed by atoms with Crippen LogP contribution in [-0.2, 0) is 6.54 Å². The zero-order chi connectivity index (χ0) is 12.2. The zero-order valence-corrected chi connectivity index (χ0v) is 11.0. The Kier molecular flexibility index (Phi) is 4.30. The van der Waals surface area contributed by atoms with Gasteiger partial charge in [-0.25, -0.2) is 0 Å². The van der Waals surface area contributed by atoms with E-state index in [1.165, 1.54) is 11.3 Å². The quantitative estimate of drug-likeness (QED) is 0.846. The Bertz CT molecular complexity index is 328. The van der Waals surface area contributed by atoms with E-state index in [-0.39, 0.29) is 5.54 Å². The fourth-order valence-electron chi connectivity index (χ4n) is 1.46. The number of nitrogens with one attached hydrogen (secondary N) is 1. The molecule has 1 aromatic rings. The molecule has 0 saturated heterocycles. The van der Waals surface area contributed by atoms with E-state index in [0.29, 0.717) is 0 Å². The highest BCUT2D eigenvalue weighted by atomic mass is 15.1. The van der Waals surface area contributed by atoms with E-state index in [1.807, 2.05) is 12.4 Å². The molecule has 0 saturated carbocycles. The van der Waals surface area contributed by atoms with Crippen molar-refractivity contribution in [1.29, 1.82) is 0 Å². The van der Waals surface area contributed by atoms with Crippen molar-refractivity contribution >= 4 is 5.69 Å². The summed E-state index contributed by atoms with van der Waals surface area (Å²) in [7, 11) is 2.11. The smallest absolute Gasteiger partial charge is 0.0440 e. The van der Waals surface area contributed by atoms with Crippen molar-refractivity contribution < 1.29 is 0 Å². The van der Waals surface area contributed by atoms with Crippen molar-refractivity contribution in [3.63, 3.8) is 0 Å². The molecule has 0 aliphatic heterocycles. The molecule has 0 spiro atoms. The number of pyridine rings is 1. The van der Waals surface area contributed by atoms with Crippen LogP contribution < -0.4 is 10.2 Å². The van der Waals surface area contributed by atoms with Crippen molar-refractivity contribution in [1.82, 2.24) is 10.3 Å². The molecule has 16 heavy (non-hydrogen) atoms. The molecule has 0 bridgehead atoms. The monoisotopic (exact) mass is 221 g/mol. The van der Waals surface area contributed by atoms with Crippen molar-refractivity contribution in [2.24, 2.45) is 0 Å². The maximum absolute atomic E-state index is 4.20. The average Bonchev–Trinajstić information content (AvgIpc) is 2.25. The van der Waals surface area contributed by atoms with Gasteiger partial charge in [-0.3, -0.25) is 4.98 Å². The molecule has 0 aliphatic carbocycles. The Morgan fingerprint density at radius 3 is 2.62 bits per heavy atom. The lowest BCUT2D eigenvalue weighted by Gasteiger charge is -2.24. The number of hydrogen-bond acceptors (Lipinski definition) is 3. The lowest BCUT2D eigenvalue weighted by molar-refractivity contribution is 0.424. The van der Waals surface area contributed by atoms with Crippen LogP contribution in [-0.4, -0.2) is 24.1 Å². The van der Waals surface area contributed by atoms with Crippen LogP contribution in [0.25, 0.3) is 0 Å². The van der Waals surface area contributed by atoms with Gasteiger partial charge in [-0.2, -0.15) is 0 Å². The third kappa shape index (κ3) is 3.81. The molecule has 0 aliphatic rings. The molecule has 1 aromatic heterocycles. The molecule has 0 unspecified atom stereocenters. The van der Waals surface area contributed by atoms with Gasteiger partial charge in [-0.05, 0) is 33.8 Å². The normalized spacial score (nSPS) is 11.6. The Hall–Kier alpha value is -1.09. The highest BCUT2D eigenvalue weighted by Gasteiger charge is 2.11. The van der Waals surface area contributed by atoms with Crippen LogP contribution in [0.1, 0.15) is 33.3 Å². The van der Waals surface area contributed by atoms with Gasteiger partial charge in [-0.15, -0.1) is 0 Å². The van der Waals surface area contributed by atoms with E-state index in [0.717, 1.165) is 13.1 Å². The third-order valence-corrected chi connectivity index (χ3v) is 2.57. The molecule has 1 rings (SSSR count). The summed E-state index contributed by atoms with van der Waals surface area (Å²) in [5.74, 6) is 0. The maximum atomic E-state index is 4.20. The van der Waals surface area contributed by atoms with Gasteiger partial charge in [0.05, 0.1) is 0 Å². The summed E-state index contributed by atoms with van der Waals surface area (Å²) in [5.41, 5.74) is 2.65. The Balaban J connectivity index is 2.79. The Labute approximate surface area is 98.9 Å². The minimum atomic E-state index is 0.137. The number of rotatable bonds is 4. The molecule has 0 atom stereocenters. The van der Waals surface area contributed by atoms with Gasteiger partial charge in [-0.1, -0.05) is 0 Å². The summed E-state index contributed by atoms with van der Waals surface area (Å²) >= 11 is 0. The van der Waals surface area contributed by atoms with Crippen LogP contribution in [0.15, 0.2) is 18.5 Å². The summed E-state index contributed by atoms with van der Waals surface area (Å²) in [6.45, 7) is 10.5. The fraction of sp³-hybridized carbons (Fsp3) is 0.615. The lowest BCUT2D eigenvalue weighted by atomic mass is 10.1. The van der Waals surface area contributed by atoms with E-state index in [9.17, 15) is 0 Å². The largest absolute Gasteiger partial charge is 0.375 e. The maximum Gasteiger partial charge on any atom is 0.0440 e. The predicted octanol–water partition coefficient (Wildman–Crippen LogP) is 2.43. The van der Waals surface area contributed by atoms with Crippen LogP contribution >= 0.6 is 0 Å². The molecular weight excluding hydrogens is 198 g/mol. The van der Waals surface area contributed by atoms with Crippen LogP contribution in [0.5, 0.6) is 0 Å². The summed E-state index contributed by atoms with van der Waals surface area (Å²) in [4.78, 5) is 6.43. The van der Waals surface area contributed by atoms with E-state index in [4.69, 9.17) is 0 Å². The second kappa shape index (κ2) is 5.30. The van der Waals surface area contributed by atoms with E-state index < -0.39 is 0 Å². The van der Waals surface area contributed by atoms with Crippen LogP contribution in [0.4, 0.5) is 5.69 Å². The third-order valence-electron chi connectivity index (χ3n) is 2.57. The standard InChI is InChI=1S/C13H23N3/c1-6-16(5)12-7-8-14-9-11(12)10-15-13(2,3)4/h7-9,15H,6,10H2,1-5H3. The number of hydrogen-bond donors (Lipinski definition) is 1. The molecular formula is C13H23N3. The van der Waals surface area contributed by atoms with Crippen LogP contribution in [0.2, 0.25) is 0 Å². The first-order valence-electron chi connectivity index (χ1n) is 5.83. The van der Waals surface area contributed by atoms with E-state index >= 15 is 0 Å². The Morgan fingerprint density at radius 2 is 2.06 bits per heavy atom. The molecule has 1 N–H and O–H groups in total. The summed E-state index contributed by atoms with van der Waals surface area (Å²) in [6, 6.07) is 2.07. The van der Waals surface area contributed by atoms with Crippen LogP contribution in [0, 0.1) is 0 Å².